The fourth-order valence-corrected chi connectivity index (χ4v) is 2.33. The average molecular weight is 285 g/mol. The van der Waals surface area contributed by atoms with Gasteiger partial charge in [-0.1, -0.05) is 12.1 Å². The maximum absolute atomic E-state index is 5.86. The van der Waals surface area contributed by atoms with Crippen molar-refractivity contribution in [2.75, 3.05) is 6.61 Å². The molecular formula is C17H23N3O. The summed E-state index contributed by atoms with van der Waals surface area (Å²) < 4.78 is 7.99. The molecule has 1 aromatic carbocycles. The van der Waals surface area contributed by atoms with Gasteiger partial charge in [0.1, 0.15) is 12.4 Å². The van der Waals surface area contributed by atoms with E-state index in [0.29, 0.717) is 6.61 Å². The maximum atomic E-state index is 5.86. The Morgan fingerprint density at radius 1 is 1.33 bits per heavy atom. The van der Waals surface area contributed by atoms with E-state index in [1.165, 1.54) is 24.1 Å². The predicted molar refractivity (Wildman–Crippen MR) is 83.5 cm³/mol. The highest BCUT2D eigenvalue weighted by molar-refractivity contribution is 5.28. The van der Waals surface area contributed by atoms with E-state index >= 15 is 0 Å². The molecule has 4 nitrogen and oxygen atoms in total. The van der Waals surface area contributed by atoms with Crippen molar-refractivity contribution in [2.45, 2.75) is 45.8 Å². The largest absolute Gasteiger partial charge is 0.492 e. The summed E-state index contributed by atoms with van der Waals surface area (Å²) in [5.41, 5.74) is 3.58. The monoisotopic (exact) mass is 285 g/mol. The van der Waals surface area contributed by atoms with Crippen LogP contribution in [0.2, 0.25) is 0 Å². The Bertz CT molecular complexity index is 602. The smallest absolute Gasteiger partial charge is 0.119 e. The molecule has 0 bridgehead atoms. The van der Waals surface area contributed by atoms with Gasteiger partial charge in [-0.15, -0.1) is 0 Å². The number of rotatable bonds is 7. The lowest BCUT2D eigenvalue weighted by Crippen LogP contribution is -2.15. The van der Waals surface area contributed by atoms with Gasteiger partial charge >= 0.3 is 0 Å². The number of hydrogen-bond acceptors (Lipinski definition) is 3. The van der Waals surface area contributed by atoms with Crippen molar-refractivity contribution < 1.29 is 4.74 Å². The van der Waals surface area contributed by atoms with E-state index in [-0.39, 0.29) is 0 Å². The number of nitrogens with zero attached hydrogens (tertiary/aromatic N) is 2. The number of hydrogen-bond donors (Lipinski definition) is 1. The van der Waals surface area contributed by atoms with Gasteiger partial charge in [-0.2, -0.15) is 0 Å². The third kappa shape index (κ3) is 3.85. The number of benzene rings is 1. The summed E-state index contributed by atoms with van der Waals surface area (Å²) in [7, 11) is 0. The first-order valence-corrected chi connectivity index (χ1v) is 7.66. The molecule has 1 aromatic heterocycles. The molecule has 1 N–H and O–H groups in total. The number of nitrogens with one attached hydrogen (secondary N) is 1. The maximum Gasteiger partial charge on any atom is 0.119 e. The van der Waals surface area contributed by atoms with Crippen LogP contribution >= 0.6 is 0 Å². The number of aromatic nitrogens is 2. The van der Waals surface area contributed by atoms with Crippen LogP contribution in [0.5, 0.6) is 5.75 Å². The second kappa shape index (κ2) is 6.31. The van der Waals surface area contributed by atoms with Crippen LogP contribution < -0.4 is 10.1 Å². The zero-order chi connectivity index (χ0) is 14.7. The normalized spacial score (nSPS) is 14.4. The summed E-state index contributed by atoms with van der Waals surface area (Å²) in [6, 6.07) is 9.09. The minimum absolute atomic E-state index is 0.663. The first kappa shape index (κ1) is 14.1. The van der Waals surface area contributed by atoms with Crippen LogP contribution in [0.15, 0.2) is 30.6 Å². The molecule has 0 saturated heterocycles. The van der Waals surface area contributed by atoms with Crippen molar-refractivity contribution in [1.82, 2.24) is 14.9 Å². The lowest BCUT2D eigenvalue weighted by molar-refractivity contribution is 0.297. The van der Waals surface area contributed by atoms with Gasteiger partial charge < -0.3 is 14.6 Å². The molecule has 0 aliphatic heterocycles. The van der Waals surface area contributed by atoms with Crippen molar-refractivity contribution in [2.24, 2.45) is 0 Å². The van der Waals surface area contributed by atoms with Crippen molar-refractivity contribution in [1.29, 1.82) is 0 Å². The Labute approximate surface area is 126 Å². The van der Waals surface area contributed by atoms with Crippen LogP contribution in [0.1, 0.15) is 29.8 Å². The molecule has 0 atom stereocenters. The van der Waals surface area contributed by atoms with E-state index < -0.39 is 0 Å². The zero-order valence-electron chi connectivity index (χ0n) is 12.8. The molecule has 1 aliphatic carbocycles. The molecule has 0 amide bonds. The van der Waals surface area contributed by atoms with Gasteiger partial charge in [0.15, 0.2) is 0 Å². The van der Waals surface area contributed by atoms with Gasteiger partial charge in [0.05, 0.1) is 18.6 Å². The molecule has 21 heavy (non-hydrogen) atoms. The molecule has 3 rings (SSSR count). The Morgan fingerprint density at radius 2 is 2.19 bits per heavy atom. The van der Waals surface area contributed by atoms with Crippen LogP contribution in [0, 0.1) is 13.8 Å². The molecule has 4 heteroatoms. The average Bonchev–Trinajstić information content (AvgIpc) is 3.27. The third-order valence-corrected chi connectivity index (χ3v) is 4.02. The van der Waals surface area contributed by atoms with Gasteiger partial charge in [-0.25, -0.2) is 4.98 Å². The lowest BCUT2D eigenvalue weighted by Gasteiger charge is -2.10. The summed E-state index contributed by atoms with van der Waals surface area (Å²) in [4.78, 5) is 4.30. The summed E-state index contributed by atoms with van der Waals surface area (Å²) in [6.07, 6.45) is 4.52. The van der Waals surface area contributed by atoms with E-state index in [2.05, 4.69) is 40.0 Å². The van der Waals surface area contributed by atoms with E-state index in [4.69, 9.17) is 4.74 Å². The van der Waals surface area contributed by atoms with E-state index in [0.717, 1.165) is 30.6 Å². The standard InChI is InChI=1S/C17H23N3O/c1-13-14(2)20(12-19-13)8-9-21-17-5-3-4-15(10-17)11-18-16-6-7-16/h3-5,10,12,16,18H,6-9,11H2,1-2H3. The van der Waals surface area contributed by atoms with Crippen LogP contribution in [0.3, 0.4) is 0 Å². The van der Waals surface area contributed by atoms with Gasteiger partial charge in [-0.3, -0.25) is 0 Å². The molecule has 1 heterocycles. The highest BCUT2D eigenvalue weighted by Gasteiger charge is 2.19. The summed E-state index contributed by atoms with van der Waals surface area (Å²) >= 11 is 0. The minimum Gasteiger partial charge on any atom is -0.492 e. The van der Waals surface area contributed by atoms with Gasteiger partial charge in [-0.05, 0) is 44.4 Å². The Hall–Kier alpha value is -1.81. The second-order valence-corrected chi connectivity index (χ2v) is 5.76. The fraction of sp³-hybridized carbons (Fsp3) is 0.471. The summed E-state index contributed by atoms with van der Waals surface area (Å²) in [5, 5.41) is 3.52. The first-order valence-electron chi connectivity index (χ1n) is 7.66. The van der Waals surface area contributed by atoms with Gasteiger partial charge in [0, 0.05) is 18.3 Å². The number of imidazole rings is 1. The third-order valence-electron chi connectivity index (χ3n) is 4.02. The van der Waals surface area contributed by atoms with Crippen LogP contribution in [-0.4, -0.2) is 22.2 Å². The molecule has 0 spiro atoms. The SMILES string of the molecule is Cc1ncn(CCOc2cccc(CNC3CC3)c2)c1C. The second-order valence-electron chi connectivity index (χ2n) is 5.76. The van der Waals surface area contributed by atoms with Crippen LogP contribution in [-0.2, 0) is 13.1 Å². The highest BCUT2D eigenvalue weighted by atomic mass is 16.5. The Kier molecular flexibility index (Phi) is 4.25. The fourth-order valence-electron chi connectivity index (χ4n) is 2.33. The van der Waals surface area contributed by atoms with Crippen molar-refractivity contribution in [3.8, 4) is 5.75 Å². The van der Waals surface area contributed by atoms with E-state index in [1.807, 2.05) is 19.3 Å². The quantitative estimate of drug-likeness (QED) is 0.850. The first-order chi connectivity index (χ1) is 10.2. The van der Waals surface area contributed by atoms with Gasteiger partial charge in [0.25, 0.3) is 0 Å². The van der Waals surface area contributed by atoms with Gasteiger partial charge in [0.2, 0.25) is 0 Å². The van der Waals surface area contributed by atoms with Crippen molar-refractivity contribution >= 4 is 0 Å². The lowest BCUT2D eigenvalue weighted by atomic mass is 10.2. The van der Waals surface area contributed by atoms with E-state index in [1.54, 1.807) is 0 Å². The zero-order valence-corrected chi connectivity index (χ0v) is 12.8. The van der Waals surface area contributed by atoms with Crippen LogP contribution in [0.4, 0.5) is 0 Å². The molecule has 112 valence electrons. The predicted octanol–water partition coefficient (Wildman–Crippen LogP) is 2.83. The summed E-state index contributed by atoms with van der Waals surface area (Å²) in [6.45, 7) is 6.55. The molecular weight excluding hydrogens is 262 g/mol. The minimum atomic E-state index is 0.663. The molecule has 2 aromatic rings. The number of ether oxygens (including phenoxy) is 1. The molecule has 0 unspecified atom stereocenters. The van der Waals surface area contributed by atoms with E-state index in [9.17, 15) is 0 Å². The van der Waals surface area contributed by atoms with Crippen LogP contribution in [0.25, 0.3) is 0 Å². The van der Waals surface area contributed by atoms with Crippen molar-refractivity contribution in [3.63, 3.8) is 0 Å². The summed E-state index contributed by atoms with van der Waals surface area (Å²) in [5.74, 6) is 0.944. The topological polar surface area (TPSA) is 39.1 Å². The molecule has 1 aliphatic rings. The molecule has 1 fully saturated rings. The molecule has 1 saturated carbocycles. The van der Waals surface area contributed by atoms with Crippen molar-refractivity contribution in [3.05, 3.63) is 47.5 Å². The number of aryl methyl sites for hydroxylation is 1. The highest BCUT2D eigenvalue weighted by Crippen LogP contribution is 2.20. The Morgan fingerprint density at radius 3 is 2.90 bits per heavy atom. The Balaban J connectivity index is 1.50. The molecule has 0 radical (unpaired) electrons.